The minimum atomic E-state index is -3.34. The van der Waals surface area contributed by atoms with Gasteiger partial charge in [-0.15, -0.1) is 0 Å². The summed E-state index contributed by atoms with van der Waals surface area (Å²) in [5.74, 6) is -0.421. The second-order valence-corrected chi connectivity index (χ2v) is 6.61. The number of hydrogen-bond acceptors (Lipinski definition) is 4. The lowest BCUT2D eigenvalue weighted by molar-refractivity contribution is -0.154. The molecule has 1 fully saturated rings. The fraction of sp³-hybridized carbons (Fsp3) is 0.889. The van der Waals surface area contributed by atoms with Crippen LogP contribution >= 0.6 is 0 Å². The number of carbonyl (C=O) groups excluding carboxylic acids is 1. The first-order valence-corrected chi connectivity index (χ1v) is 6.85. The molecule has 1 heterocycles. The first-order valence-electron chi connectivity index (χ1n) is 4.89. The Labute approximate surface area is 90.0 Å². The number of likely N-dealkylation sites (tertiary alicyclic amines) is 1. The molecule has 1 amide bonds. The van der Waals surface area contributed by atoms with E-state index in [9.17, 15) is 18.3 Å². The van der Waals surface area contributed by atoms with Crippen LogP contribution in [-0.2, 0) is 14.6 Å². The van der Waals surface area contributed by atoms with Crippen molar-refractivity contribution in [2.45, 2.75) is 31.1 Å². The van der Waals surface area contributed by atoms with Gasteiger partial charge in [-0.05, 0) is 13.3 Å². The molecule has 0 saturated carbocycles. The molecule has 0 aromatic carbocycles. The molecule has 1 rings (SSSR count). The third-order valence-corrected chi connectivity index (χ3v) is 4.42. The van der Waals surface area contributed by atoms with E-state index in [0.29, 0.717) is 6.42 Å². The standard InChI is InChI=1S/C9H17NO4S/c1-4-9(12)5-10(6-9)8(11)7(2)15(3,13)14/h7,12H,4-6H2,1-3H3. The number of sulfone groups is 1. The summed E-state index contributed by atoms with van der Waals surface area (Å²) < 4.78 is 22.3. The Morgan fingerprint density at radius 2 is 2.00 bits per heavy atom. The van der Waals surface area contributed by atoms with Crippen molar-refractivity contribution >= 4 is 15.7 Å². The van der Waals surface area contributed by atoms with E-state index in [1.807, 2.05) is 6.92 Å². The normalized spacial score (nSPS) is 22.0. The molecule has 6 heteroatoms. The van der Waals surface area contributed by atoms with E-state index >= 15 is 0 Å². The highest BCUT2D eigenvalue weighted by atomic mass is 32.2. The van der Waals surface area contributed by atoms with Crippen molar-refractivity contribution in [3.63, 3.8) is 0 Å². The zero-order valence-corrected chi connectivity index (χ0v) is 10.0. The molecule has 1 saturated heterocycles. The summed E-state index contributed by atoms with van der Waals surface area (Å²) >= 11 is 0. The topological polar surface area (TPSA) is 74.7 Å². The minimum absolute atomic E-state index is 0.238. The zero-order chi connectivity index (χ0) is 11.9. The summed E-state index contributed by atoms with van der Waals surface area (Å²) in [6, 6.07) is 0. The summed E-state index contributed by atoms with van der Waals surface area (Å²) in [6.07, 6.45) is 1.62. The van der Waals surface area contributed by atoms with Crippen LogP contribution < -0.4 is 0 Å². The number of aliphatic hydroxyl groups is 1. The molecule has 1 atom stereocenters. The van der Waals surface area contributed by atoms with Gasteiger partial charge in [0.05, 0.1) is 18.7 Å². The van der Waals surface area contributed by atoms with Gasteiger partial charge in [0.2, 0.25) is 5.91 Å². The largest absolute Gasteiger partial charge is 0.386 e. The first-order chi connectivity index (χ1) is 6.69. The second kappa shape index (κ2) is 3.75. The van der Waals surface area contributed by atoms with Gasteiger partial charge in [-0.2, -0.15) is 0 Å². The number of amides is 1. The molecule has 0 bridgehead atoms. The molecule has 0 aromatic rings. The monoisotopic (exact) mass is 235 g/mol. The maximum absolute atomic E-state index is 11.6. The molecule has 5 nitrogen and oxygen atoms in total. The van der Waals surface area contributed by atoms with Gasteiger partial charge in [-0.1, -0.05) is 6.92 Å². The van der Waals surface area contributed by atoms with Crippen molar-refractivity contribution in [2.24, 2.45) is 0 Å². The van der Waals surface area contributed by atoms with Crippen LogP contribution in [0.15, 0.2) is 0 Å². The number of carbonyl (C=O) groups is 1. The molecule has 0 radical (unpaired) electrons. The molecular formula is C9H17NO4S. The van der Waals surface area contributed by atoms with Crippen molar-refractivity contribution < 1.29 is 18.3 Å². The van der Waals surface area contributed by atoms with Crippen molar-refractivity contribution in [2.75, 3.05) is 19.3 Å². The maximum Gasteiger partial charge on any atom is 0.240 e. The van der Waals surface area contributed by atoms with Crippen LogP contribution in [-0.4, -0.2) is 54.5 Å². The summed E-state index contributed by atoms with van der Waals surface area (Å²) in [5, 5.41) is 8.66. The third-order valence-electron chi connectivity index (χ3n) is 2.93. The molecule has 0 aliphatic carbocycles. The number of β-amino-alcohol motifs (C(OH)–C–C–N with tert-alkyl or cyclic N) is 1. The number of hydrogen-bond donors (Lipinski definition) is 1. The van der Waals surface area contributed by atoms with Crippen molar-refractivity contribution in [1.82, 2.24) is 4.90 Å². The molecule has 1 unspecified atom stereocenters. The van der Waals surface area contributed by atoms with E-state index in [0.717, 1.165) is 6.26 Å². The number of rotatable bonds is 3. The lowest BCUT2D eigenvalue weighted by Crippen LogP contribution is -2.65. The van der Waals surface area contributed by atoms with E-state index in [2.05, 4.69) is 0 Å². The molecular weight excluding hydrogens is 218 g/mol. The fourth-order valence-corrected chi connectivity index (χ4v) is 2.00. The molecule has 1 aliphatic heterocycles. The van der Waals surface area contributed by atoms with E-state index in [1.54, 1.807) is 0 Å². The quantitative estimate of drug-likeness (QED) is 0.709. The van der Waals surface area contributed by atoms with Gasteiger partial charge in [-0.3, -0.25) is 4.79 Å². The Balaban J connectivity index is 2.60. The van der Waals surface area contributed by atoms with E-state index < -0.39 is 26.6 Å². The molecule has 1 N–H and O–H groups in total. The molecule has 88 valence electrons. The SMILES string of the molecule is CCC1(O)CN(C(=O)C(C)S(C)(=O)=O)C1. The average molecular weight is 235 g/mol. The predicted octanol–water partition coefficient (Wildman–Crippen LogP) is -0.597. The van der Waals surface area contributed by atoms with Crippen molar-refractivity contribution in [1.29, 1.82) is 0 Å². The molecule has 0 spiro atoms. The van der Waals surface area contributed by atoms with Crippen LogP contribution in [0.2, 0.25) is 0 Å². The van der Waals surface area contributed by atoms with Crippen LogP contribution in [0.4, 0.5) is 0 Å². The van der Waals surface area contributed by atoms with Gasteiger partial charge in [-0.25, -0.2) is 8.42 Å². The van der Waals surface area contributed by atoms with Crippen molar-refractivity contribution in [3.05, 3.63) is 0 Å². The Morgan fingerprint density at radius 3 is 2.33 bits per heavy atom. The van der Waals surface area contributed by atoms with Crippen LogP contribution in [0, 0.1) is 0 Å². The van der Waals surface area contributed by atoms with Gasteiger partial charge in [0.15, 0.2) is 9.84 Å². The van der Waals surface area contributed by atoms with Crippen LogP contribution in [0.5, 0.6) is 0 Å². The van der Waals surface area contributed by atoms with Crippen LogP contribution in [0.1, 0.15) is 20.3 Å². The predicted molar refractivity (Wildman–Crippen MR) is 56.1 cm³/mol. The Hall–Kier alpha value is -0.620. The van der Waals surface area contributed by atoms with Gasteiger partial charge in [0.25, 0.3) is 0 Å². The van der Waals surface area contributed by atoms with Gasteiger partial charge < -0.3 is 10.0 Å². The summed E-state index contributed by atoms with van der Waals surface area (Å²) in [7, 11) is -3.34. The van der Waals surface area contributed by atoms with E-state index in [-0.39, 0.29) is 13.1 Å². The lowest BCUT2D eigenvalue weighted by Gasteiger charge is -2.46. The molecule has 1 aliphatic rings. The van der Waals surface area contributed by atoms with Crippen LogP contribution in [0.25, 0.3) is 0 Å². The smallest absolute Gasteiger partial charge is 0.240 e. The highest BCUT2D eigenvalue weighted by molar-refractivity contribution is 7.92. The summed E-state index contributed by atoms with van der Waals surface area (Å²) in [6.45, 7) is 3.69. The Morgan fingerprint density at radius 1 is 1.53 bits per heavy atom. The van der Waals surface area contributed by atoms with E-state index in [1.165, 1.54) is 11.8 Å². The number of nitrogens with zero attached hydrogens (tertiary/aromatic N) is 1. The van der Waals surface area contributed by atoms with Crippen LogP contribution in [0.3, 0.4) is 0 Å². The second-order valence-electron chi connectivity index (χ2n) is 4.24. The Bertz CT molecular complexity index is 356. The van der Waals surface area contributed by atoms with Crippen molar-refractivity contribution in [3.8, 4) is 0 Å². The minimum Gasteiger partial charge on any atom is -0.386 e. The lowest BCUT2D eigenvalue weighted by atomic mass is 9.91. The summed E-state index contributed by atoms with van der Waals surface area (Å²) in [4.78, 5) is 13.0. The Kier molecular flexibility index (Phi) is 3.11. The van der Waals surface area contributed by atoms with Gasteiger partial charge in [0.1, 0.15) is 5.25 Å². The van der Waals surface area contributed by atoms with Gasteiger partial charge >= 0.3 is 0 Å². The fourth-order valence-electron chi connectivity index (χ4n) is 1.48. The summed E-state index contributed by atoms with van der Waals surface area (Å²) in [5.41, 5.74) is -0.813. The average Bonchev–Trinajstić information content (AvgIpc) is 2.09. The van der Waals surface area contributed by atoms with E-state index in [4.69, 9.17) is 0 Å². The molecule has 15 heavy (non-hydrogen) atoms. The third kappa shape index (κ3) is 2.49. The zero-order valence-electron chi connectivity index (χ0n) is 9.23. The highest BCUT2D eigenvalue weighted by Crippen LogP contribution is 2.25. The molecule has 0 aromatic heterocycles. The maximum atomic E-state index is 11.6. The van der Waals surface area contributed by atoms with Gasteiger partial charge in [0, 0.05) is 6.26 Å². The first kappa shape index (κ1) is 12.4. The highest BCUT2D eigenvalue weighted by Gasteiger charge is 2.44.